The fraction of sp³-hybridized carbons (Fsp3) is 0.0769. The predicted molar refractivity (Wildman–Crippen MR) is 165 cm³/mol. The van der Waals surface area contributed by atoms with Crippen molar-refractivity contribution in [2.24, 2.45) is 0 Å². The van der Waals surface area contributed by atoms with Gasteiger partial charge in [0.05, 0.1) is 22.1 Å². The highest BCUT2D eigenvalue weighted by Crippen LogP contribution is 2.63. The lowest BCUT2D eigenvalue weighted by atomic mass is 9.57. The second-order valence-corrected chi connectivity index (χ2v) is 12.0. The first-order chi connectivity index (χ1) is 20.3. The summed E-state index contributed by atoms with van der Waals surface area (Å²) in [5.41, 5.74) is 15.5. The van der Waals surface area contributed by atoms with Crippen molar-refractivity contribution in [3.63, 3.8) is 0 Å². The van der Waals surface area contributed by atoms with Crippen molar-refractivity contribution in [1.82, 2.24) is 4.57 Å². The Bertz CT molecular complexity index is 2460. The number of furan rings is 1. The summed E-state index contributed by atoms with van der Waals surface area (Å²) in [6.07, 6.45) is 1.02. The summed E-state index contributed by atoms with van der Waals surface area (Å²) in [6.45, 7) is 0. The number of benzene rings is 6. The van der Waals surface area contributed by atoms with Crippen LogP contribution in [-0.2, 0) is 11.8 Å². The molecule has 0 fully saturated rings. The predicted octanol–water partition coefficient (Wildman–Crippen LogP) is 9.38. The summed E-state index contributed by atoms with van der Waals surface area (Å²) in [5.74, 6) is 0.336. The van der Waals surface area contributed by atoms with Gasteiger partial charge in [-0.2, -0.15) is 0 Å². The average Bonchev–Trinajstić information content (AvgIpc) is 3.47. The molecule has 1 aliphatic heterocycles. The molecule has 0 amide bonds. The van der Waals surface area contributed by atoms with Gasteiger partial charge in [-0.1, -0.05) is 97.1 Å². The van der Waals surface area contributed by atoms with Crippen molar-refractivity contribution < 1.29 is 4.42 Å². The Hall–Kier alpha value is -5.08. The van der Waals surface area contributed by atoms with Crippen LogP contribution in [0.4, 0.5) is 0 Å². The van der Waals surface area contributed by atoms with Crippen LogP contribution in [0.2, 0.25) is 0 Å². The molecule has 6 aromatic carbocycles. The first kappa shape index (κ1) is 20.8. The molecule has 2 heteroatoms. The topological polar surface area (TPSA) is 18.1 Å². The molecule has 4 aliphatic rings. The average molecular weight is 522 g/mol. The quantitative estimate of drug-likeness (QED) is 0.194. The standard InChI is InChI=1S/C39H23NO/c1-4-14-30-22(9-1)19-27-23-10-2-5-15-31(23)39(30)32-16-7-13-26-28-20-29-24-11-3-6-18-35(24)41-36(29)21-34(28)40(38(26)32)33-17-8-12-25(27)37(33)39/h1-18,20-21,27H,19H2. The summed E-state index contributed by atoms with van der Waals surface area (Å²) in [5, 5.41) is 4.93. The molecule has 2 unspecified atom stereocenters. The van der Waals surface area contributed by atoms with E-state index >= 15 is 0 Å². The van der Waals surface area contributed by atoms with Crippen molar-refractivity contribution in [1.29, 1.82) is 0 Å². The zero-order valence-electron chi connectivity index (χ0n) is 22.2. The van der Waals surface area contributed by atoms with Crippen LogP contribution in [0.25, 0.3) is 49.4 Å². The van der Waals surface area contributed by atoms with E-state index in [1.807, 2.05) is 6.07 Å². The molecule has 190 valence electrons. The maximum Gasteiger partial charge on any atom is 0.137 e. The van der Waals surface area contributed by atoms with E-state index in [4.69, 9.17) is 4.42 Å². The SMILES string of the molecule is c1ccc2c(c1)CC1c3ccccc3C23c2c1cccc2-n1c2cc4oc5ccccc5c4cc2c2cccc3c21. The largest absolute Gasteiger partial charge is 0.456 e. The third kappa shape index (κ3) is 2.17. The second-order valence-electron chi connectivity index (χ2n) is 12.0. The van der Waals surface area contributed by atoms with Gasteiger partial charge < -0.3 is 8.98 Å². The molecule has 0 saturated heterocycles. The van der Waals surface area contributed by atoms with Crippen molar-refractivity contribution in [3.8, 4) is 5.69 Å². The van der Waals surface area contributed by atoms with Gasteiger partial charge in [-0.05, 0) is 63.6 Å². The maximum atomic E-state index is 6.42. The van der Waals surface area contributed by atoms with Gasteiger partial charge >= 0.3 is 0 Å². The van der Waals surface area contributed by atoms with Crippen molar-refractivity contribution >= 4 is 43.7 Å². The summed E-state index contributed by atoms with van der Waals surface area (Å²) in [7, 11) is 0. The van der Waals surface area contributed by atoms with Crippen LogP contribution in [-0.4, -0.2) is 4.57 Å². The number of fused-ring (bicyclic) bond motifs is 7. The monoisotopic (exact) mass is 521 g/mol. The minimum atomic E-state index is -0.359. The summed E-state index contributed by atoms with van der Waals surface area (Å²) in [4.78, 5) is 0. The Morgan fingerprint density at radius 1 is 0.585 bits per heavy atom. The molecule has 12 rings (SSSR count). The Morgan fingerprint density at radius 2 is 1.34 bits per heavy atom. The van der Waals surface area contributed by atoms with Crippen LogP contribution in [0.15, 0.2) is 126 Å². The van der Waals surface area contributed by atoms with Crippen LogP contribution >= 0.6 is 0 Å². The van der Waals surface area contributed by atoms with E-state index in [0.717, 1.165) is 17.6 Å². The molecule has 1 spiro atoms. The summed E-state index contributed by atoms with van der Waals surface area (Å²) in [6, 6.07) is 45.5. The van der Waals surface area contributed by atoms with E-state index in [1.54, 1.807) is 0 Å². The third-order valence-electron chi connectivity index (χ3n) is 10.3. The third-order valence-corrected chi connectivity index (χ3v) is 10.3. The van der Waals surface area contributed by atoms with E-state index in [0.29, 0.717) is 5.92 Å². The maximum absolute atomic E-state index is 6.42. The van der Waals surface area contributed by atoms with Crippen molar-refractivity contribution in [2.45, 2.75) is 17.8 Å². The molecule has 3 aliphatic carbocycles. The summed E-state index contributed by atoms with van der Waals surface area (Å²) >= 11 is 0. The van der Waals surface area contributed by atoms with Crippen LogP contribution in [0.5, 0.6) is 0 Å². The fourth-order valence-electron chi connectivity index (χ4n) is 8.93. The van der Waals surface area contributed by atoms with Gasteiger partial charge in [0, 0.05) is 33.5 Å². The molecule has 0 saturated carbocycles. The number of hydrogen-bond acceptors (Lipinski definition) is 1. The molecular weight excluding hydrogens is 498 g/mol. The molecule has 2 bridgehead atoms. The Kier molecular flexibility index (Phi) is 3.44. The van der Waals surface area contributed by atoms with Gasteiger partial charge in [0.15, 0.2) is 0 Å². The number of rotatable bonds is 0. The molecule has 2 atom stereocenters. The second kappa shape index (κ2) is 6.79. The van der Waals surface area contributed by atoms with Gasteiger partial charge in [-0.25, -0.2) is 0 Å². The zero-order valence-corrected chi connectivity index (χ0v) is 22.2. The minimum absolute atomic E-state index is 0.336. The Labute approximate surface area is 236 Å². The van der Waals surface area contributed by atoms with Crippen LogP contribution in [0.1, 0.15) is 44.9 Å². The van der Waals surface area contributed by atoms with Gasteiger partial charge in [0.2, 0.25) is 0 Å². The highest BCUT2D eigenvalue weighted by molar-refractivity contribution is 6.18. The smallest absolute Gasteiger partial charge is 0.137 e. The van der Waals surface area contributed by atoms with Crippen LogP contribution in [0.3, 0.4) is 0 Å². The molecular formula is C39H23NO. The number of para-hydroxylation sites is 2. The van der Waals surface area contributed by atoms with Gasteiger partial charge in [0.25, 0.3) is 0 Å². The Balaban J connectivity index is 1.42. The van der Waals surface area contributed by atoms with Crippen molar-refractivity contribution in [3.05, 3.63) is 160 Å². The lowest BCUT2D eigenvalue weighted by Gasteiger charge is -2.46. The molecule has 2 nitrogen and oxygen atoms in total. The molecule has 41 heavy (non-hydrogen) atoms. The zero-order chi connectivity index (χ0) is 26.4. The lowest BCUT2D eigenvalue weighted by Crippen LogP contribution is -2.39. The van der Waals surface area contributed by atoms with Gasteiger partial charge in [-0.3, -0.25) is 0 Å². The lowest BCUT2D eigenvalue weighted by molar-refractivity contribution is 0.668. The Morgan fingerprint density at radius 3 is 2.32 bits per heavy atom. The normalized spacial score (nSPS) is 19.5. The molecule has 3 heterocycles. The van der Waals surface area contributed by atoms with Crippen LogP contribution < -0.4 is 0 Å². The number of nitrogens with zero attached hydrogens (tertiary/aromatic N) is 1. The van der Waals surface area contributed by atoms with E-state index in [-0.39, 0.29) is 5.41 Å². The van der Waals surface area contributed by atoms with E-state index in [2.05, 4.69) is 120 Å². The minimum Gasteiger partial charge on any atom is -0.456 e. The molecule has 0 radical (unpaired) electrons. The number of hydrogen-bond donors (Lipinski definition) is 0. The fourth-order valence-corrected chi connectivity index (χ4v) is 8.93. The van der Waals surface area contributed by atoms with E-state index in [9.17, 15) is 0 Å². The first-order valence-electron chi connectivity index (χ1n) is 14.5. The van der Waals surface area contributed by atoms with Crippen molar-refractivity contribution in [2.75, 3.05) is 0 Å². The van der Waals surface area contributed by atoms with Gasteiger partial charge in [-0.15, -0.1) is 0 Å². The number of aromatic nitrogens is 1. The highest BCUT2D eigenvalue weighted by Gasteiger charge is 2.54. The van der Waals surface area contributed by atoms with E-state index in [1.165, 1.54) is 77.2 Å². The van der Waals surface area contributed by atoms with Crippen LogP contribution in [0, 0.1) is 0 Å². The van der Waals surface area contributed by atoms with E-state index < -0.39 is 0 Å². The highest BCUT2D eigenvalue weighted by atomic mass is 16.3. The van der Waals surface area contributed by atoms with Gasteiger partial charge in [0.1, 0.15) is 11.2 Å². The molecule has 2 aromatic heterocycles. The molecule has 0 N–H and O–H groups in total. The molecule has 8 aromatic rings. The summed E-state index contributed by atoms with van der Waals surface area (Å²) < 4.78 is 8.96. The first-order valence-corrected chi connectivity index (χ1v) is 14.5.